The lowest BCUT2D eigenvalue weighted by molar-refractivity contribution is -0.145. The number of halogens is 2. The van der Waals surface area contributed by atoms with Gasteiger partial charge in [-0.1, -0.05) is 37.6 Å². The highest BCUT2D eigenvalue weighted by Crippen LogP contribution is 2.30. The van der Waals surface area contributed by atoms with Gasteiger partial charge in [-0.3, -0.25) is 4.79 Å². The molecular weight excluding hydrogens is 412 g/mol. The molecule has 0 unspecified atom stereocenters. The van der Waals surface area contributed by atoms with Crippen molar-refractivity contribution in [3.05, 3.63) is 71.3 Å². The van der Waals surface area contributed by atoms with Crippen molar-refractivity contribution in [2.75, 3.05) is 32.8 Å². The van der Waals surface area contributed by atoms with Crippen LogP contribution in [0, 0.1) is 23.5 Å². The topological polar surface area (TPSA) is 38.8 Å². The molecule has 174 valence electrons. The number of hydrogen-bond donors (Lipinski definition) is 0. The first kappa shape index (κ1) is 24.3. The molecule has 6 heteroatoms. The molecule has 0 spiro atoms. The van der Waals surface area contributed by atoms with Crippen molar-refractivity contribution < 1.29 is 23.0 Å². The second-order valence-electron chi connectivity index (χ2n) is 8.38. The molecular formula is C26H33F2NO3. The van der Waals surface area contributed by atoms with Crippen LogP contribution >= 0.6 is 0 Å². The average molecular weight is 446 g/mol. The predicted octanol–water partition coefficient (Wildman–Crippen LogP) is 5.37. The molecule has 2 aromatic carbocycles. The fourth-order valence-corrected chi connectivity index (χ4v) is 4.48. The van der Waals surface area contributed by atoms with E-state index in [9.17, 15) is 13.6 Å². The van der Waals surface area contributed by atoms with Crippen LogP contribution in [0.3, 0.4) is 0 Å². The molecule has 0 bridgehead atoms. The summed E-state index contributed by atoms with van der Waals surface area (Å²) in [6, 6.07) is 12.5. The van der Waals surface area contributed by atoms with Gasteiger partial charge in [-0.2, -0.15) is 0 Å². The fourth-order valence-electron chi connectivity index (χ4n) is 4.48. The van der Waals surface area contributed by atoms with Crippen LogP contribution in [0.2, 0.25) is 0 Å². The number of esters is 1. The van der Waals surface area contributed by atoms with Gasteiger partial charge in [0.1, 0.15) is 17.7 Å². The number of likely N-dealkylation sites (tertiary alicyclic amines) is 1. The Morgan fingerprint density at radius 1 is 1.00 bits per heavy atom. The first-order valence-electron chi connectivity index (χ1n) is 11.5. The summed E-state index contributed by atoms with van der Waals surface area (Å²) in [5.74, 6) is 0.112. The normalized spacial score (nSPS) is 19.3. The Morgan fingerprint density at radius 3 is 2.12 bits per heavy atom. The molecule has 1 aliphatic heterocycles. The number of rotatable bonds is 10. The van der Waals surface area contributed by atoms with Gasteiger partial charge in [-0.15, -0.1) is 0 Å². The molecule has 0 aromatic heterocycles. The van der Waals surface area contributed by atoms with E-state index in [-0.39, 0.29) is 23.7 Å². The van der Waals surface area contributed by atoms with E-state index in [1.807, 2.05) is 6.92 Å². The van der Waals surface area contributed by atoms with Crippen molar-refractivity contribution in [2.45, 2.75) is 39.2 Å². The van der Waals surface area contributed by atoms with E-state index >= 15 is 0 Å². The second-order valence-corrected chi connectivity index (χ2v) is 8.38. The minimum atomic E-state index is -0.389. The lowest BCUT2D eigenvalue weighted by Gasteiger charge is -2.38. The minimum absolute atomic E-state index is 0.103. The lowest BCUT2D eigenvalue weighted by atomic mass is 9.81. The number of hydrogen-bond acceptors (Lipinski definition) is 4. The molecule has 1 fully saturated rings. The Bertz CT molecular complexity index is 796. The number of piperidine rings is 1. The maximum absolute atomic E-state index is 13.4. The standard InChI is InChI=1S/C26H33F2NO3/c1-3-19-18-29(14-13-22(19)17-25(30)31-4-2)15-16-32-26(20-5-9-23(27)10-6-20)21-7-11-24(28)12-8-21/h5-12,19,22,26H,3-4,13-18H2,1-2H3/t19-,22-/m1/s1. The first-order valence-corrected chi connectivity index (χ1v) is 11.5. The van der Waals surface area contributed by atoms with Crippen LogP contribution in [0.5, 0.6) is 0 Å². The van der Waals surface area contributed by atoms with Crippen molar-refractivity contribution >= 4 is 5.97 Å². The summed E-state index contributed by atoms with van der Waals surface area (Å²) in [7, 11) is 0. The third-order valence-corrected chi connectivity index (χ3v) is 6.27. The predicted molar refractivity (Wildman–Crippen MR) is 120 cm³/mol. The zero-order valence-corrected chi connectivity index (χ0v) is 18.9. The van der Waals surface area contributed by atoms with Crippen LogP contribution in [0.1, 0.15) is 50.3 Å². The molecule has 3 rings (SSSR count). The number of ether oxygens (including phenoxy) is 2. The van der Waals surface area contributed by atoms with E-state index in [1.54, 1.807) is 24.3 Å². The van der Waals surface area contributed by atoms with Crippen LogP contribution in [0.4, 0.5) is 8.78 Å². The van der Waals surface area contributed by atoms with Crippen LogP contribution in [-0.4, -0.2) is 43.7 Å². The van der Waals surface area contributed by atoms with E-state index in [0.717, 1.165) is 43.6 Å². The molecule has 1 heterocycles. The number of benzene rings is 2. The highest BCUT2D eigenvalue weighted by atomic mass is 19.1. The van der Waals surface area contributed by atoms with Crippen LogP contribution in [0.25, 0.3) is 0 Å². The van der Waals surface area contributed by atoms with E-state index < -0.39 is 0 Å². The van der Waals surface area contributed by atoms with Crippen molar-refractivity contribution in [1.82, 2.24) is 4.90 Å². The third-order valence-electron chi connectivity index (χ3n) is 6.27. The van der Waals surface area contributed by atoms with Gasteiger partial charge in [0.25, 0.3) is 0 Å². The molecule has 1 aliphatic rings. The largest absolute Gasteiger partial charge is 0.466 e. The van der Waals surface area contributed by atoms with Crippen LogP contribution < -0.4 is 0 Å². The van der Waals surface area contributed by atoms with Gasteiger partial charge in [0.05, 0.1) is 13.2 Å². The van der Waals surface area contributed by atoms with E-state index in [0.29, 0.717) is 31.5 Å². The molecule has 2 atom stereocenters. The quantitative estimate of drug-likeness (QED) is 0.461. The highest BCUT2D eigenvalue weighted by molar-refractivity contribution is 5.69. The van der Waals surface area contributed by atoms with Gasteiger partial charge in [0.15, 0.2) is 0 Å². The summed E-state index contributed by atoms with van der Waals surface area (Å²) in [5, 5.41) is 0. The maximum Gasteiger partial charge on any atom is 0.306 e. The Labute approximate surface area is 189 Å². The van der Waals surface area contributed by atoms with E-state index in [2.05, 4.69) is 11.8 Å². The molecule has 0 amide bonds. The van der Waals surface area contributed by atoms with Crippen molar-refractivity contribution in [3.8, 4) is 0 Å². The molecule has 4 nitrogen and oxygen atoms in total. The third kappa shape index (κ3) is 6.84. The SMILES string of the molecule is CCOC(=O)C[C@H]1CCN(CCOC(c2ccc(F)cc2)c2ccc(F)cc2)C[C@H]1CC. The molecule has 1 saturated heterocycles. The summed E-state index contributed by atoms with van der Waals surface area (Å²) in [4.78, 5) is 14.3. The highest BCUT2D eigenvalue weighted by Gasteiger charge is 2.30. The van der Waals surface area contributed by atoms with Crippen LogP contribution in [-0.2, 0) is 14.3 Å². The van der Waals surface area contributed by atoms with Crippen molar-refractivity contribution in [1.29, 1.82) is 0 Å². The summed E-state index contributed by atoms with van der Waals surface area (Å²) in [6.07, 6.45) is 2.10. The van der Waals surface area contributed by atoms with Crippen LogP contribution in [0.15, 0.2) is 48.5 Å². The Morgan fingerprint density at radius 2 is 1.59 bits per heavy atom. The molecule has 0 N–H and O–H groups in total. The average Bonchev–Trinajstić information content (AvgIpc) is 2.79. The molecule has 0 aliphatic carbocycles. The minimum Gasteiger partial charge on any atom is -0.466 e. The van der Waals surface area contributed by atoms with Gasteiger partial charge < -0.3 is 14.4 Å². The van der Waals surface area contributed by atoms with Gasteiger partial charge >= 0.3 is 5.97 Å². The Hall–Kier alpha value is -2.31. The molecule has 0 saturated carbocycles. The molecule has 0 radical (unpaired) electrons. The van der Waals surface area contributed by atoms with Gasteiger partial charge in [0.2, 0.25) is 0 Å². The Kier molecular flexibility index (Phi) is 9.18. The van der Waals surface area contributed by atoms with Crippen molar-refractivity contribution in [3.63, 3.8) is 0 Å². The monoisotopic (exact) mass is 445 g/mol. The van der Waals surface area contributed by atoms with Gasteiger partial charge in [0, 0.05) is 19.5 Å². The van der Waals surface area contributed by atoms with E-state index in [4.69, 9.17) is 9.47 Å². The summed E-state index contributed by atoms with van der Waals surface area (Å²) in [6.45, 7) is 7.54. The summed E-state index contributed by atoms with van der Waals surface area (Å²) in [5.41, 5.74) is 1.66. The van der Waals surface area contributed by atoms with Crippen molar-refractivity contribution in [2.24, 2.45) is 11.8 Å². The summed E-state index contributed by atoms with van der Waals surface area (Å²) >= 11 is 0. The zero-order valence-electron chi connectivity index (χ0n) is 18.9. The Balaban J connectivity index is 1.58. The maximum atomic E-state index is 13.4. The number of nitrogens with zero attached hydrogens (tertiary/aromatic N) is 1. The molecule has 2 aromatic rings. The zero-order chi connectivity index (χ0) is 22.9. The van der Waals surface area contributed by atoms with Gasteiger partial charge in [-0.05, 0) is 67.1 Å². The fraction of sp³-hybridized carbons (Fsp3) is 0.500. The lowest BCUT2D eigenvalue weighted by Crippen LogP contribution is -2.42. The molecule has 32 heavy (non-hydrogen) atoms. The second kappa shape index (κ2) is 12.1. The number of carbonyl (C=O) groups excluding carboxylic acids is 1. The smallest absolute Gasteiger partial charge is 0.306 e. The van der Waals surface area contributed by atoms with Gasteiger partial charge in [-0.25, -0.2) is 8.78 Å². The van der Waals surface area contributed by atoms with E-state index in [1.165, 1.54) is 24.3 Å². The summed E-state index contributed by atoms with van der Waals surface area (Å²) < 4.78 is 38.2. The first-order chi connectivity index (χ1) is 15.5. The number of carbonyl (C=O) groups is 1.